The molecule has 4 heteroatoms. The minimum Gasteiger partial charge on any atom is -0.495 e. The highest BCUT2D eigenvalue weighted by molar-refractivity contribution is 5.74. The van der Waals surface area contributed by atoms with Crippen molar-refractivity contribution in [2.75, 3.05) is 30.9 Å². The lowest BCUT2D eigenvalue weighted by Gasteiger charge is -2.40. The molecule has 0 radical (unpaired) electrons. The van der Waals surface area contributed by atoms with Crippen LogP contribution in [-0.4, -0.2) is 32.4 Å². The number of benzene rings is 1. The lowest BCUT2D eigenvalue weighted by molar-refractivity contribution is 0.0300. The summed E-state index contributed by atoms with van der Waals surface area (Å²) in [6.45, 7) is 5.90. The molecule has 0 spiro atoms. The lowest BCUT2D eigenvalue weighted by atomic mass is 10.1. The van der Waals surface area contributed by atoms with Gasteiger partial charge in [0.15, 0.2) is 0 Å². The first-order chi connectivity index (χ1) is 8.67. The topological polar surface area (TPSA) is 47.7 Å². The molecular formula is C14H22N2O2. The van der Waals surface area contributed by atoms with Gasteiger partial charge in [-0.1, -0.05) is 13.0 Å². The molecule has 0 bridgehead atoms. The maximum Gasteiger partial charge on any atom is 0.143 e. The predicted molar refractivity (Wildman–Crippen MR) is 74.2 cm³/mol. The van der Waals surface area contributed by atoms with Crippen LogP contribution in [-0.2, 0) is 4.74 Å². The Morgan fingerprint density at radius 2 is 2.28 bits per heavy atom. The number of morpholine rings is 1. The number of nitrogens with two attached hydrogens (primary N) is 1. The monoisotopic (exact) mass is 250 g/mol. The van der Waals surface area contributed by atoms with Crippen molar-refractivity contribution < 1.29 is 9.47 Å². The van der Waals surface area contributed by atoms with Crippen LogP contribution in [0.1, 0.15) is 20.3 Å². The fourth-order valence-corrected chi connectivity index (χ4v) is 2.44. The van der Waals surface area contributed by atoms with E-state index in [0.29, 0.717) is 11.7 Å². The van der Waals surface area contributed by atoms with Crippen molar-refractivity contribution in [2.45, 2.75) is 32.4 Å². The Labute approximate surface area is 109 Å². The third kappa shape index (κ3) is 2.38. The van der Waals surface area contributed by atoms with Gasteiger partial charge in [-0.05, 0) is 25.5 Å². The van der Waals surface area contributed by atoms with Gasteiger partial charge < -0.3 is 20.1 Å². The van der Waals surface area contributed by atoms with E-state index in [1.165, 1.54) is 0 Å². The van der Waals surface area contributed by atoms with Crippen LogP contribution in [0, 0.1) is 0 Å². The van der Waals surface area contributed by atoms with Crippen molar-refractivity contribution >= 4 is 11.4 Å². The van der Waals surface area contributed by atoms with Crippen molar-refractivity contribution in [3.05, 3.63) is 18.2 Å². The molecule has 2 N–H and O–H groups in total. The van der Waals surface area contributed by atoms with E-state index in [0.717, 1.165) is 31.0 Å². The van der Waals surface area contributed by atoms with Crippen LogP contribution in [0.5, 0.6) is 5.75 Å². The fourth-order valence-electron chi connectivity index (χ4n) is 2.44. The molecule has 2 rings (SSSR count). The Hall–Kier alpha value is -1.42. The number of para-hydroxylation sites is 1. The van der Waals surface area contributed by atoms with Crippen LogP contribution >= 0.6 is 0 Å². The van der Waals surface area contributed by atoms with E-state index in [2.05, 4.69) is 24.8 Å². The van der Waals surface area contributed by atoms with Crippen molar-refractivity contribution in [2.24, 2.45) is 0 Å². The summed E-state index contributed by atoms with van der Waals surface area (Å²) in [6.07, 6.45) is 1.28. The average molecular weight is 250 g/mol. The Bertz CT molecular complexity index is 409. The van der Waals surface area contributed by atoms with Crippen LogP contribution in [0.4, 0.5) is 11.4 Å². The zero-order chi connectivity index (χ0) is 13.1. The minimum absolute atomic E-state index is 0.235. The number of anilines is 2. The summed E-state index contributed by atoms with van der Waals surface area (Å²) in [4.78, 5) is 2.34. The maximum absolute atomic E-state index is 6.18. The number of nitrogen functional groups attached to an aromatic ring is 1. The molecule has 0 saturated carbocycles. The molecule has 2 atom stereocenters. The molecule has 0 aliphatic carbocycles. The van der Waals surface area contributed by atoms with Gasteiger partial charge in [-0.2, -0.15) is 0 Å². The van der Waals surface area contributed by atoms with E-state index in [1.807, 2.05) is 12.1 Å². The van der Waals surface area contributed by atoms with E-state index < -0.39 is 0 Å². The highest BCUT2D eigenvalue weighted by atomic mass is 16.5. The summed E-state index contributed by atoms with van der Waals surface area (Å²) in [7, 11) is 1.65. The number of methoxy groups -OCH3 is 1. The van der Waals surface area contributed by atoms with Crippen LogP contribution < -0.4 is 15.4 Å². The Balaban J connectivity index is 2.33. The first-order valence-electron chi connectivity index (χ1n) is 6.48. The van der Waals surface area contributed by atoms with Crippen LogP contribution in [0.2, 0.25) is 0 Å². The molecule has 1 aromatic carbocycles. The average Bonchev–Trinajstić information content (AvgIpc) is 2.39. The predicted octanol–water partition coefficient (Wildman–Crippen LogP) is 2.28. The summed E-state index contributed by atoms with van der Waals surface area (Å²) < 4.78 is 11.0. The third-order valence-corrected chi connectivity index (χ3v) is 3.51. The number of rotatable bonds is 3. The number of hydrogen-bond donors (Lipinski definition) is 1. The molecule has 1 aliphatic rings. The highest BCUT2D eigenvalue weighted by Gasteiger charge is 2.27. The lowest BCUT2D eigenvalue weighted by Crippen LogP contribution is -2.48. The first-order valence-corrected chi connectivity index (χ1v) is 6.48. The van der Waals surface area contributed by atoms with Crippen LogP contribution in [0.15, 0.2) is 18.2 Å². The van der Waals surface area contributed by atoms with Gasteiger partial charge in [0.25, 0.3) is 0 Å². The zero-order valence-electron chi connectivity index (χ0n) is 11.3. The summed E-state index contributed by atoms with van der Waals surface area (Å²) in [5, 5.41) is 0. The number of nitrogens with zero attached hydrogens (tertiary/aromatic N) is 1. The van der Waals surface area contributed by atoms with Crippen molar-refractivity contribution in [1.82, 2.24) is 0 Å². The van der Waals surface area contributed by atoms with Crippen molar-refractivity contribution in [1.29, 1.82) is 0 Å². The van der Waals surface area contributed by atoms with Gasteiger partial charge >= 0.3 is 0 Å². The SMILES string of the molecule is CCC1COC(C)CN1c1cccc(OC)c1N. The molecule has 1 aromatic rings. The first kappa shape index (κ1) is 13.0. The van der Waals surface area contributed by atoms with Gasteiger partial charge in [-0.3, -0.25) is 0 Å². The number of hydrogen-bond acceptors (Lipinski definition) is 4. The molecule has 1 aliphatic heterocycles. The molecule has 18 heavy (non-hydrogen) atoms. The van der Waals surface area contributed by atoms with E-state index in [-0.39, 0.29) is 6.10 Å². The summed E-state index contributed by atoms with van der Waals surface area (Å²) in [6, 6.07) is 6.31. The van der Waals surface area contributed by atoms with E-state index in [4.69, 9.17) is 15.2 Å². The second kappa shape index (κ2) is 5.48. The Kier molecular flexibility index (Phi) is 3.97. The van der Waals surface area contributed by atoms with Crippen LogP contribution in [0.25, 0.3) is 0 Å². The van der Waals surface area contributed by atoms with E-state index in [1.54, 1.807) is 7.11 Å². The summed E-state index contributed by atoms with van der Waals surface area (Å²) >= 11 is 0. The molecule has 1 fully saturated rings. The standard InChI is InChI=1S/C14H22N2O2/c1-4-11-9-18-10(2)8-16(11)12-6-5-7-13(17-3)14(12)15/h5-7,10-11H,4,8-9,15H2,1-3H3. The van der Waals surface area contributed by atoms with Gasteiger partial charge in [0, 0.05) is 6.54 Å². The molecule has 1 heterocycles. The second-order valence-corrected chi connectivity index (χ2v) is 4.75. The third-order valence-electron chi connectivity index (χ3n) is 3.51. The maximum atomic E-state index is 6.18. The molecule has 0 amide bonds. The molecular weight excluding hydrogens is 228 g/mol. The van der Waals surface area contributed by atoms with Crippen molar-refractivity contribution in [3.8, 4) is 5.75 Å². The van der Waals surface area contributed by atoms with Gasteiger partial charge in [-0.15, -0.1) is 0 Å². The fraction of sp³-hybridized carbons (Fsp3) is 0.571. The quantitative estimate of drug-likeness (QED) is 0.836. The summed E-state index contributed by atoms with van der Waals surface area (Å²) in [5.74, 6) is 0.737. The summed E-state index contributed by atoms with van der Waals surface area (Å²) in [5.41, 5.74) is 7.95. The Morgan fingerprint density at radius 1 is 1.50 bits per heavy atom. The van der Waals surface area contributed by atoms with Crippen LogP contribution in [0.3, 0.4) is 0 Å². The molecule has 2 unspecified atom stereocenters. The van der Waals surface area contributed by atoms with E-state index >= 15 is 0 Å². The van der Waals surface area contributed by atoms with Gasteiger partial charge in [0.2, 0.25) is 0 Å². The van der Waals surface area contributed by atoms with Gasteiger partial charge in [0.05, 0.1) is 37.2 Å². The number of ether oxygens (including phenoxy) is 2. The van der Waals surface area contributed by atoms with Crippen molar-refractivity contribution in [3.63, 3.8) is 0 Å². The Morgan fingerprint density at radius 3 is 2.94 bits per heavy atom. The second-order valence-electron chi connectivity index (χ2n) is 4.75. The highest BCUT2D eigenvalue weighted by Crippen LogP contribution is 2.34. The minimum atomic E-state index is 0.235. The molecule has 1 saturated heterocycles. The van der Waals surface area contributed by atoms with Gasteiger partial charge in [0.1, 0.15) is 5.75 Å². The van der Waals surface area contributed by atoms with E-state index in [9.17, 15) is 0 Å². The largest absolute Gasteiger partial charge is 0.495 e. The molecule has 4 nitrogen and oxygen atoms in total. The molecule has 100 valence electrons. The zero-order valence-corrected chi connectivity index (χ0v) is 11.3. The smallest absolute Gasteiger partial charge is 0.143 e. The normalized spacial score (nSPS) is 24.1. The molecule has 0 aromatic heterocycles. The van der Waals surface area contributed by atoms with Gasteiger partial charge in [-0.25, -0.2) is 0 Å².